The van der Waals surface area contributed by atoms with E-state index < -0.39 is 6.04 Å². The molecule has 0 aliphatic rings. The fourth-order valence-corrected chi connectivity index (χ4v) is 3.35. The number of aromatic nitrogens is 2. The van der Waals surface area contributed by atoms with Crippen molar-refractivity contribution in [2.45, 2.75) is 6.04 Å². The Morgan fingerprint density at radius 3 is 2.62 bits per heavy atom. The lowest BCUT2D eigenvalue weighted by molar-refractivity contribution is -0.117. The number of imidazole rings is 1. The van der Waals surface area contributed by atoms with Crippen LogP contribution in [0.1, 0.15) is 23.2 Å². The van der Waals surface area contributed by atoms with Gasteiger partial charge in [0, 0.05) is 25.5 Å². The van der Waals surface area contributed by atoms with Gasteiger partial charge in [-0.05, 0) is 48.0 Å². The van der Waals surface area contributed by atoms with E-state index in [0.717, 1.165) is 11.3 Å². The van der Waals surface area contributed by atoms with Gasteiger partial charge in [-0.25, -0.2) is 9.37 Å². The summed E-state index contributed by atoms with van der Waals surface area (Å²) in [5, 5.41) is 2.98. The third-order valence-electron chi connectivity index (χ3n) is 5.02. The predicted molar refractivity (Wildman–Crippen MR) is 119 cm³/mol. The van der Waals surface area contributed by atoms with Gasteiger partial charge >= 0.3 is 0 Å². The molecule has 0 radical (unpaired) electrons. The van der Waals surface area contributed by atoms with Crippen molar-refractivity contribution in [3.8, 4) is 17.1 Å². The summed E-state index contributed by atoms with van der Waals surface area (Å²) in [4.78, 5) is 17.1. The smallest absolute Gasteiger partial charge is 0.244 e. The minimum atomic E-state index is -0.455. The van der Waals surface area contributed by atoms with Crippen LogP contribution < -0.4 is 10.1 Å². The fourth-order valence-electron chi connectivity index (χ4n) is 3.35. The maximum atomic E-state index is 14.0. The summed E-state index contributed by atoms with van der Waals surface area (Å²) >= 11 is 0. The summed E-state index contributed by atoms with van der Waals surface area (Å²) < 4.78 is 26.7. The number of carbonyl (C=O) groups is 1. The van der Waals surface area contributed by atoms with E-state index >= 15 is 0 Å². The first-order chi connectivity index (χ1) is 15.5. The van der Waals surface area contributed by atoms with Crippen LogP contribution in [0.15, 0.2) is 83.6 Å². The molecule has 6 nitrogen and oxygen atoms in total. The molecule has 2 aromatic heterocycles. The van der Waals surface area contributed by atoms with Crippen molar-refractivity contribution in [3.05, 3.63) is 102 Å². The van der Waals surface area contributed by atoms with E-state index in [1.807, 2.05) is 42.1 Å². The van der Waals surface area contributed by atoms with E-state index in [1.54, 1.807) is 49.7 Å². The van der Waals surface area contributed by atoms with Crippen molar-refractivity contribution in [2.75, 3.05) is 7.11 Å². The van der Waals surface area contributed by atoms with Crippen molar-refractivity contribution in [1.82, 2.24) is 14.9 Å². The van der Waals surface area contributed by atoms with E-state index in [0.29, 0.717) is 22.9 Å². The molecule has 0 saturated heterocycles. The number of nitrogens with one attached hydrogen (secondary N) is 1. The standard InChI is InChI=1S/C25H22FN3O3/c1-29-16-15-27-25(29)24(17-7-9-18(31-2)10-8-17)28-23(30)14-12-19-11-13-22(32-19)20-5-3-4-6-21(20)26/h3-16,24H,1-2H3,(H,28,30)/b14-12+/t24-/m1/s1. The van der Waals surface area contributed by atoms with E-state index in [2.05, 4.69) is 10.3 Å². The van der Waals surface area contributed by atoms with Crippen molar-refractivity contribution in [2.24, 2.45) is 7.05 Å². The Morgan fingerprint density at radius 2 is 1.94 bits per heavy atom. The van der Waals surface area contributed by atoms with Crippen LogP contribution in [0, 0.1) is 5.82 Å². The van der Waals surface area contributed by atoms with Crippen LogP contribution >= 0.6 is 0 Å². The molecule has 0 fully saturated rings. The molecule has 1 N–H and O–H groups in total. The quantitative estimate of drug-likeness (QED) is 0.429. The number of aryl methyl sites for hydroxylation is 1. The third kappa shape index (κ3) is 4.62. The second kappa shape index (κ2) is 9.34. The molecule has 0 aliphatic heterocycles. The summed E-state index contributed by atoms with van der Waals surface area (Å²) in [5.74, 6) is 1.56. The highest BCUT2D eigenvalue weighted by atomic mass is 19.1. The van der Waals surface area contributed by atoms with E-state index in [4.69, 9.17) is 9.15 Å². The SMILES string of the molecule is COc1ccc([C@@H](NC(=O)/C=C/c2ccc(-c3ccccc3F)o2)c2nccn2C)cc1. The van der Waals surface area contributed by atoms with Gasteiger partial charge in [-0.2, -0.15) is 0 Å². The number of benzene rings is 2. The number of methoxy groups -OCH3 is 1. The average Bonchev–Trinajstić information content (AvgIpc) is 3.45. The molecule has 7 heteroatoms. The number of hydrogen-bond acceptors (Lipinski definition) is 4. The van der Waals surface area contributed by atoms with Gasteiger partial charge in [0.15, 0.2) is 0 Å². The number of rotatable bonds is 7. The highest BCUT2D eigenvalue weighted by Crippen LogP contribution is 2.26. The lowest BCUT2D eigenvalue weighted by atomic mass is 10.1. The maximum Gasteiger partial charge on any atom is 0.244 e. The summed E-state index contributed by atoms with van der Waals surface area (Å²) in [7, 11) is 3.47. The summed E-state index contributed by atoms with van der Waals surface area (Å²) in [6.07, 6.45) is 6.43. The van der Waals surface area contributed by atoms with Crippen LogP contribution in [0.5, 0.6) is 5.75 Å². The minimum absolute atomic E-state index is 0.322. The number of carbonyl (C=O) groups excluding carboxylic acids is 1. The molecule has 32 heavy (non-hydrogen) atoms. The summed E-state index contributed by atoms with van der Waals surface area (Å²) in [6.45, 7) is 0. The molecule has 0 spiro atoms. The van der Waals surface area contributed by atoms with E-state index in [9.17, 15) is 9.18 Å². The summed E-state index contributed by atoms with van der Waals surface area (Å²) in [5.41, 5.74) is 1.23. The van der Waals surface area contributed by atoms with Gasteiger partial charge in [0.1, 0.15) is 35.0 Å². The molecular weight excluding hydrogens is 409 g/mol. The molecule has 0 unspecified atom stereocenters. The van der Waals surface area contributed by atoms with Gasteiger partial charge in [0.05, 0.1) is 12.7 Å². The Balaban J connectivity index is 1.52. The van der Waals surface area contributed by atoms with Gasteiger partial charge in [-0.1, -0.05) is 24.3 Å². The molecule has 4 aromatic rings. The molecule has 0 aliphatic carbocycles. The van der Waals surface area contributed by atoms with Crippen molar-refractivity contribution >= 4 is 12.0 Å². The second-order valence-electron chi connectivity index (χ2n) is 7.13. The van der Waals surface area contributed by atoms with Crippen LogP contribution in [-0.2, 0) is 11.8 Å². The normalized spacial score (nSPS) is 12.1. The van der Waals surface area contributed by atoms with Gasteiger partial charge in [0.2, 0.25) is 5.91 Å². The first-order valence-corrected chi connectivity index (χ1v) is 9.99. The Bertz CT molecular complexity index is 1240. The van der Waals surface area contributed by atoms with Crippen molar-refractivity contribution in [3.63, 3.8) is 0 Å². The summed E-state index contributed by atoms with van der Waals surface area (Å²) in [6, 6.07) is 16.7. The van der Waals surface area contributed by atoms with Gasteiger partial charge in [0.25, 0.3) is 0 Å². The van der Waals surface area contributed by atoms with Crippen LogP contribution in [0.3, 0.4) is 0 Å². The van der Waals surface area contributed by atoms with Gasteiger partial charge in [-0.15, -0.1) is 0 Å². The first-order valence-electron chi connectivity index (χ1n) is 9.99. The Hall–Kier alpha value is -4.13. The third-order valence-corrected chi connectivity index (χ3v) is 5.02. The van der Waals surface area contributed by atoms with E-state index in [-0.39, 0.29) is 11.7 Å². The van der Waals surface area contributed by atoms with Crippen LogP contribution in [0.2, 0.25) is 0 Å². The first kappa shape index (κ1) is 21.1. The van der Waals surface area contributed by atoms with Crippen LogP contribution in [0.25, 0.3) is 17.4 Å². The second-order valence-corrected chi connectivity index (χ2v) is 7.13. The Labute approximate surface area is 185 Å². The fraction of sp³-hybridized carbons (Fsp3) is 0.120. The lowest BCUT2D eigenvalue weighted by Gasteiger charge is -2.18. The topological polar surface area (TPSA) is 69.3 Å². The number of halogens is 1. The van der Waals surface area contributed by atoms with Gasteiger partial charge < -0.3 is 19.0 Å². The van der Waals surface area contributed by atoms with E-state index in [1.165, 1.54) is 12.1 Å². The zero-order chi connectivity index (χ0) is 22.5. The number of furan rings is 1. The molecule has 1 amide bonds. The largest absolute Gasteiger partial charge is 0.497 e. The molecule has 2 heterocycles. The number of hydrogen-bond donors (Lipinski definition) is 1. The lowest BCUT2D eigenvalue weighted by Crippen LogP contribution is -2.29. The van der Waals surface area contributed by atoms with Crippen LogP contribution in [0.4, 0.5) is 4.39 Å². The van der Waals surface area contributed by atoms with Gasteiger partial charge in [-0.3, -0.25) is 4.79 Å². The number of nitrogens with zero attached hydrogens (tertiary/aromatic N) is 2. The highest BCUT2D eigenvalue weighted by Gasteiger charge is 2.20. The monoisotopic (exact) mass is 431 g/mol. The zero-order valence-electron chi connectivity index (χ0n) is 17.7. The molecule has 0 saturated carbocycles. The van der Waals surface area contributed by atoms with Crippen molar-refractivity contribution < 1.29 is 18.3 Å². The molecule has 162 valence electrons. The molecular formula is C25H22FN3O3. The highest BCUT2D eigenvalue weighted by molar-refractivity contribution is 5.92. The van der Waals surface area contributed by atoms with Crippen LogP contribution in [-0.4, -0.2) is 22.6 Å². The Kier molecular flexibility index (Phi) is 6.17. The molecule has 0 bridgehead atoms. The zero-order valence-corrected chi connectivity index (χ0v) is 17.7. The minimum Gasteiger partial charge on any atom is -0.497 e. The molecule has 2 aromatic carbocycles. The van der Waals surface area contributed by atoms with Crippen molar-refractivity contribution in [1.29, 1.82) is 0 Å². The number of ether oxygens (including phenoxy) is 1. The Morgan fingerprint density at radius 1 is 1.16 bits per heavy atom. The molecule has 1 atom stereocenters. The number of amides is 1. The predicted octanol–water partition coefficient (Wildman–Crippen LogP) is 4.75. The average molecular weight is 431 g/mol. The molecule has 4 rings (SSSR count). The maximum absolute atomic E-state index is 14.0.